The minimum Gasteiger partial charge on any atom is -0.392 e. The van der Waals surface area contributed by atoms with E-state index >= 15 is 0 Å². The molecule has 0 radical (unpaired) electrons. The number of hydrogen-bond donors (Lipinski definition) is 2. The zero-order valence-corrected chi connectivity index (χ0v) is 20.6. The van der Waals surface area contributed by atoms with Crippen LogP contribution in [0.1, 0.15) is 71.3 Å². The van der Waals surface area contributed by atoms with Crippen LogP contribution < -0.4 is 5.32 Å². The van der Waals surface area contributed by atoms with Crippen molar-refractivity contribution in [2.45, 2.75) is 84.3 Å². The van der Waals surface area contributed by atoms with E-state index in [-0.39, 0.29) is 46.9 Å². The molecule has 0 bridgehead atoms. The minimum absolute atomic E-state index is 0.00118. The van der Waals surface area contributed by atoms with Gasteiger partial charge in [-0.25, -0.2) is 0 Å². The summed E-state index contributed by atoms with van der Waals surface area (Å²) in [6.07, 6.45) is 7.19. The number of hydrogen-bond acceptors (Lipinski definition) is 3. The first kappa shape index (κ1) is 24.3. The Hall–Kier alpha value is -1.88. The number of aliphatic hydroxyl groups is 1. The van der Waals surface area contributed by atoms with E-state index in [1.807, 2.05) is 42.2 Å². The van der Waals surface area contributed by atoms with Crippen LogP contribution in [0.15, 0.2) is 30.3 Å². The Morgan fingerprint density at radius 1 is 1.12 bits per heavy atom. The highest BCUT2D eigenvalue weighted by Crippen LogP contribution is 2.55. The van der Waals surface area contributed by atoms with Crippen molar-refractivity contribution in [1.82, 2.24) is 10.2 Å². The van der Waals surface area contributed by atoms with Crippen LogP contribution >= 0.6 is 0 Å². The third-order valence-electron chi connectivity index (χ3n) is 9.14. The fraction of sp³-hybridized carbons (Fsp3) is 0.714. The summed E-state index contributed by atoms with van der Waals surface area (Å²) in [6.45, 7) is 8.25. The van der Waals surface area contributed by atoms with Gasteiger partial charge < -0.3 is 15.3 Å². The van der Waals surface area contributed by atoms with Gasteiger partial charge in [-0.2, -0.15) is 0 Å². The molecule has 0 aromatic heterocycles. The Kier molecular flexibility index (Phi) is 7.47. The van der Waals surface area contributed by atoms with Gasteiger partial charge in [-0.1, -0.05) is 51.1 Å². The summed E-state index contributed by atoms with van der Waals surface area (Å²) in [6, 6.07) is 9.92. The largest absolute Gasteiger partial charge is 0.392 e. The van der Waals surface area contributed by atoms with E-state index in [1.54, 1.807) is 0 Å². The predicted molar refractivity (Wildman–Crippen MR) is 130 cm³/mol. The Balaban J connectivity index is 1.43. The van der Waals surface area contributed by atoms with Crippen LogP contribution in [0.2, 0.25) is 0 Å². The van der Waals surface area contributed by atoms with E-state index in [1.165, 1.54) is 6.42 Å². The second-order valence-electron chi connectivity index (χ2n) is 11.3. The maximum atomic E-state index is 13.2. The van der Waals surface area contributed by atoms with Crippen LogP contribution in [0.5, 0.6) is 0 Å². The van der Waals surface area contributed by atoms with Crippen LogP contribution in [-0.2, 0) is 16.0 Å². The van der Waals surface area contributed by atoms with Crippen LogP contribution in [0.25, 0.3) is 0 Å². The molecule has 1 aromatic carbocycles. The molecule has 182 valence electrons. The predicted octanol–water partition coefficient (Wildman–Crippen LogP) is 4.19. The zero-order valence-electron chi connectivity index (χ0n) is 20.6. The molecule has 1 aliphatic heterocycles. The van der Waals surface area contributed by atoms with Gasteiger partial charge in [-0.3, -0.25) is 9.59 Å². The molecule has 0 spiro atoms. The second kappa shape index (κ2) is 10.2. The summed E-state index contributed by atoms with van der Waals surface area (Å²) in [5.74, 6) is 0.402. The number of likely N-dealkylation sites (tertiary alicyclic amines) is 1. The van der Waals surface area contributed by atoms with Gasteiger partial charge in [-0.15, -0.1) is 0 Å². The van der Waals surface area contributed by atoms with Crippen molar-refractivity contribution >= 4 is 11.8 Å². The van der Waals surface area contributed by atoms with Crippen LogP contribution in [-0.4, -0.2) is 47.1 Å². The van der Waals surface area contributed by atoms with Gasteiger partial charge in [0.2, 0.25) is 11.8 Å². The van der Waals surface area contributed by atoms with Gasteiger partial charge in [0.05, 0.1) is 12.5 Å². The maximum Gasteiger partial charge on any atom is 0.225 e. The fourth-order valence-corrected chi connectivity index (χ4v) is 7.12. The number of carbonyl (C=O) groups is 2. The molecule has 0 unspecified atom stereocenters. The zero-order chi connectivity index (χ0) is 23.6. The average molecular weight is 455 g/mol. The Morgan fingerprint density at radius 3 is 2.48 bits per heavy atom. The van der Waals surface area contributed by atoms with Crippen molar-refractivity contribution in [3.8, 4) is 0 Å². The molecule has 5 nitrogen and oxygen atoms in total. The normalized spacial score (nSPS) is 35.4. The summed E-state index contributed by atoms with van der Waals surface area (Å²) in [7, 11) is 0. The van der Waals surface area contributed by atoms with Gasteiger partial charge in [0.1, 0.15) is 0 Å². The number of aliphatic hydroxyl groups excluding tert-OH is 1. The number of benzene rings is 1. The average Bonchev–Trinajstić information content (AvgIpc) is 2.81. The van der Waals surface area contributed by atoms with E-state index < -0.39 is 6.10 Å². The summed E-state index contributed by atoms with van der Waals surface area (Å²) in [5, 5.41) is 14.9. The molecular weight excluding hydrogens is 412 g/mol. The Bertz CT molecular complexity index is 822. The van der Waals surface area contributed by atoms with Gasteiger partial charge in [0.25, 0.3) is 0 Å². The van der Waals surface area contributed by atoms with Crippen molar-refractivity contribution in [1.29, 1.82) is 0 Å². The van der Waals surface area contributed by atoms with Crippen molar-refractivity contribution in [3.05, 3.63) is 35.9 Å². The van der Waals surface area contributed by atoms with Crippen molar-refractivity contribution < 1.29 is 14.7 Å². The summed E-state index contributed by atoms with van der Waals surface area (Å²) < 4.78 is 0. The highest BCUT2D eigenvalue weighted by molar-refractivity contribution is 5.79. The van der Waals surface area contributed by atoms with E-state index in [0.29, 0.717) is 6.42 Å². The summed E-state index contributed by atoms with van der Waals surface area (Å²) >= 11 is 0. The van der Waals surface area contributed by atoms with Crippen molar-refractivity contribution in [3.63, 3.8) is 0 Å². The summed E-state index contributed by atoms with van der Waals surface area (Å²) in [5.41, 5.74) is 1.09. The van der Waals surface area contributed by atoms with Crippen LogP contribution in [0.4, 0.5) is 0 Å². The molecule has 3 aliphatic rings. The molecule has 1 heterocycles. The number of nitrogens with zero attached hydrogens (tertiary/aromatic N) is 1. The van der Waals surface area contributed by atoms with E-state index in [0.717, 1.165) is 57.2 Å². The molecule has 4 rings (SSSR count). The summed E-state index contributed by atoms with van der Waals surface area (Å²) in [4.78, 5) is 28.0. The lowest BCUT2D eigenvalue weighted by molar-refractivity contribution is -0.151. The highest BCUT2D eigenvalue weighted by Gasteiger charge is 2.54. The molecule has 33 heavy (non-hydrogen) atoms. The van der Waals surface area contributed by atoms with Gasteiger partial charge in [0, 0.05) is 25.0 Å². The van der Waals surface area contributed by atoms with E-state index in [4.69, 9.17) is 0 Å². The maximum absolute atomic E-state index is 13.2. The van der Waals surface area contributed by atoms with E-state index in [2.05, 4.69) is 19.2 Å². The molecule has 2 aliphatic carbocycles. The van der Waals surface area contributed by atoms with Crippen LogP contribution in [0, 0.1) is 29.1 Å². The number of fused-ring (bicyclic) bond motifs is 1. The molecule has 1 aromatic rings. The van der Waals surface area contributed by atoms with Gasteiger partial charge in [-0.05, 0) is 73.7 Å². The molecule has 5 heteroatoms. The quantitative estimate of drug-likeness (QED) is 0.701. The fourth-order valence-electron chi connectivity index (χ4n) is 7.12. The minimum atomic E-state index is -0.503. The standard InChI is InChI=1S/C28H42N2O3/c1-19(27(33)30-16-8-5-9-17-30)22-12-14-28(3)15-13-23(20(2)25(28)26(22)32)29-24(31)18-21-10-6-4-7-11-21/h4,6-7,10-11,19-20,22-23,25-26,32H,5,8-9,12-18H2,1-3H3,(H,29,31)/t19-,20-,22+,23-,25+,26-,28+/m0/s1. The molecule has 2 saturated carbocycles. The van der Waals surface area contributed by atoms with Gasteiger partial charge in [0.15, 0.2) is 0 Å². The lowest BCUT2D eigenvalue weighted by atomic mass is 9.51. The second-order valence-corrected chi connectivity index (χ2v) is 11.3. The molecule has 7 atom stereocenters. The third-order valence-corrected chi connectivity index (χ3v) is 9.14. The van der Waals surface area contributed by atoms with Crippen molar-refractivity contribution in [2.75, 3.05) is 13.1 Å². The number of piperidine rings is 1. The topological polar surface area (TPSA) is 69.6 Å². The van der Waals surface area contributed by atoms with Gasteiger partial charge >= 0.3 is 0 Å². The number of amides is 2. The Labute approximate surface area is 199 Å². The number of nitrogens with one attached hydrogen (secondary N) is 1. The lowest BCUT2D eigenvalue weighted by Gasteiger charge is -2.56. The molecule has 1 saturated heterocycles. The number of rotatable bonds is 5. The van der Waals surface area contributed by atoms with Crippen molar-refractivity contribution in [2.24, 2.45) is 29.1 Å². The first-order chi connectivity index (χ1) is 15.8. The Morgan fingerprint density at radius 2 is 1.79 bits per heavy atom. The SMILES string of the molecule is C[C@@H]1[C@@H]2[C@@H](O)[C@@H]([C@H](C)C(=O)N3CCCCC3)CC[C@]2(C)CC[C@@H]1NC(=O)Cc1ccccc1. The molecule has 3 fully saturated rings. The van der Waals surface area contributed by atoms with Crippen LogP contribution in [0.3, 0.4) is 0 Å². The van der Waals surface area contributed by atoms with E-state index in [9.17, 15) is 14.7 Å². The number of carbonyl (C=O) groups excluding carboxylic acids is 2. The molecular formula is C28H42N2O3. The third kappa shape index (κ3) is 5.13. The lowest BCUT2D eigenvalue weighted by Crippen LogP contribution is -2.58. The first-order valence-corrected chi connectivity index (χ1v) is 13.1. The first-order valence-electron chi connectivity index (χ1n) is 13.1. The monoisotopic (exact) mass is 454 g/mol. The molecule has 2 N–H and O–H groups in total. The highest BCUT2D eigenvalue weighted by atomic mass is 16.3. The smallest absolute Gasteiger partial charge is 0.225 e. The molecule has 2 amide bonds.